The zero-order valence-electron chi connectivity index (χ0n) is 11.4. The molecule has 0 saturated carbocycles. The van der Waals surface area contributed by atoms with E-state index in [4.69, 9.17) is 0 Å². The van der Waals surface area contributed by atoms with Crippen LogP contribution in [0, 0.1) is 6.92 Å². The van der Waals surface area contributed by atoms with Gasteiger partial charge in [0.2, 0.25) is 11.9 Å². The van der Waals surface area contributed by atoms with Crippen LogP contribution in [0.1, 0.15) is 12.0 Å². The first-order valence-electron chi connectivity index (χ1n) is 6.32. The van der Waals surface area contributed by atoms with E-state index in [0.29, 0.717) is 18.9 Å². The smallest absolute Gasteiger partial charge is 0.226 e. The van der Waals surface area contributed by atoms with Gasteiger partial charge in [-0.15, -0.1) is 0 Å². The van der Waals surface area contributed by atoms with Crippen LogP contribution in [-0.4, -0.2) is 22.4 Å². The molecule has 1 aromatic carbocycles. The lowest BCUT2D eigenvalue weighted by Crippen LogP contribution is -2.17. The van der Waals surface area contributed by atoms with E-state index in [1.807, 2.05) is 25.1 Å². The first kappa shape index (κ1) is 15.9. The molecule has 0 aliphatic heterocycles. The second-order valence-electron chi connectivity index (χ2n) is 4.41. The molecule has 0 atom stereocenters. The zero-order valence-corrected chi connectivity index (χ0v) is 14.5. The van der Waals surface area contributed by atoms with Gasteiger partial charge in [0.05, 0.1) is 4.47 Å². The van der Waals surface area contributed by atoms with Crippen LogP contribution < -0.4 is 10.6 Å². The van der Waals surface area contributed by atoms with Crippen LogP contribution in [0.4, 0.5) is 11.6 Å². The fourth-order valence-corrected chi connectivity index (χ4v) is 2.20. The number of aryl methyl sites for hydroxylation is 1. The van der Waals surface area contributed by atoms with Crippen molar-refractivity contribution >= 4 is 49.4 Å². The number of carbonyl (C=O) groups excluding carboxylic acids is 1. The number of hydrogen-bond donors (Lipinski definition) is 2. The van der Waals surface area contributed by atoms with E-state index < -0.39 is 0 Å². The molecule has 0 aliphatic rings. The Morgan fingerprint density at radius 2 is 1.90 bits per heavy atom. The van der Waals surface area contributed by atoms with Gasteiger partial charge in [0.1, 0.15) is 0 Å². The maximum atomic E-state index is 11.9. The number of benzene rings is 1. The zero-order chi connectivity index (χ0) is 15.2. The molecule has 1 amide bonds. The topological polar surface area (TPSA) is 66.9 Å². The quantitative estimate of drug-likeness (QED) is 0.783. The summed E-state index contributed by atoms with van der Waals surface area (Å²) in [7, 11) is 0. The lowest BCUT2D eigenvalue weighted by atomic mass is 10.2. The molecule has 7 heteroatoms. The molecule has 5 nitrogen and oxygen atoms in total. The van der Waals surface area contributed by atoms with Crippen molar-refractivity contribution in [3.05, 3.63) is 45.1 Å². The van der Waals surface area contributed by atoms with E-state index in [9.17, 15) is 4.79 Å². The standard InChI is InChI=1S/C14H14Br2N4O/c1-9-2-3-10(15)6-12(9)20-13(21)4-5-17-14-18-7-11(16)8-19-14/h2-3,6-8H,4-5H2,1H3,(H,20,21)(H,17,18,19). The molecule has 0 unspecified atom stereocenters. The minimum atomic E-state index is -0.0548. The minimum Gasteiger partial charge on any atom is -0.354 e. The molecule has 1 aromatic heterocycles. The van der Waals surface area contributed by atoms with E-state index in [-0.39, 0.29) is 5.91 Å². The van der Waals surface area contributed by atoms with Gasteiger partial charge in [-0.05, 0) is 40.5 Å². The summed E-state index contributed by atoms with van der Waals surface area (Å²) in [5, 5.41) is 5.89. The first-order valence-corrected chi connectivity index (χ1v) is 7.90. The molecule has 0 saturated heterocycles. The number of rotatable bonds is 5. The average molecular weight is 414 g/mol. The third kappa shape index (κ3) is 5.09. The second kappa shape index (κ2) is 7.51. The number of aromatic nitrogens is 2. The van der Waals surface area contributed by atoms with E-state index in [1.54, 1.807) is 12.4 Å². The molecule has 2 rings (SSSR count). The molecule has 0 fully saturated rings. The lowest BCUT2D eigenvalue weighted by Gasteiger charge is -2.09. The van der Waals surface area contributed by atoms with Crippen molar-refractivity contribution in [2.24, 2.45) is 0 Å². The van der Waals surface area contributed by atoms with Crippen molar-refractivity contribution < 1.29 is 4.79 Å². The number of hydrogen-bond acceptors (Lipinski definition) is 4. The lowest BCUT2D eigenvalue weighted by molar-refractivity contribution is -0.115. The van der Waals surface area contributed by atoms with Gasteiger partial charge in [-0.1, -0.05) is 22.0 Å². The summed E-state index contributed by atoms with van der Waals surface area (Å²) in [6, 6.07) is 5.78. The van der Waals surface area contributed by atoms with E-state index in [1.165, 1.54) is 0 Å². The van der Waals surface area contributed by atoms with Crippen molar-refractivity contribution in [2.45, 2.75) is 13.3 Å². The number of anilines is 2. The number of halogens is 2. The Hall–Kier alpha value is -1.47. The van der Waals surface area contributed by atoms with Crippen molar-refractivity contribution in [2.75, 3.05) is 17.2 Å². The minimum absolute atomic E-state index is 0.0548. The highest BCUT2D eigenvalue weighted by atomic mass is 79.9. The van der Waals surface area contributed by atoms with E-state index >= 15 is 0 Å². The van der Waals surface area contributed by atoms with Crippen molar-refractivity contribution in [3.8, 4) is 0 Å². The van der Waals surface area contributed by atoms with Gasteiger partial charge < -0.3 is 10.6 Å². The number of carbonyl (C=O) groups is 1. The molecular weight excluding hydrogens is 400 g/mol. The van der Waals surface area contributed by atoms with Gasteiger partial charge in [0.25, 0.3) is 0 Å². The van der Waals surface area contributed by atoms with Crippen LogP contribution >= 0.6 is 31.9 Å². The molecule has 0 aliphatic carbocycles. The van der Waals surface area contributed by atoms with Crippen LogP contribution in [0.25, 0.3) is 0 Å². The summed E-state index contributed by atoms with van der Waals surface area (Å²) < 4.78 is 1.75. The van der Waals surface area contributed by atoms with Crippen molar-refractivity contribution in [3.63, 3.8) is 0 Å². The largest absolute Gasteiger partial charge is 0.354 e. The summed E-state index contributed by atoms with van der Waals surface area (Å²) in [5.74, 6) is 0.449. The highest BCUT2D eigenvalue weighted by Crippen LogP contribution is 2.20. The van der Waals surface area contributed by atoms with Gasteiger partial charge in [0, 0.05) is 35.5 Å². The van der Waals surface area contributed by atoms with Crippen LogP contribution in [0.3, 0.4) is 0 Å². The Balaban J connectivity index is 1.82. The summed E-state index contributed by atoms with van der Waals surface area (Å²) in [5.41, 5.74) is 1.84. The number of nitrogens with zero attached hydrogens (tertiary/aromatic N) is 2. The maximum Gasteiger partial charge on any atom is 0.226 e. The normalized spacial score (nSPS) is 10.2. The molecule has 110 valence electrons. The number of amides is 1. The van der Waals surface area contributed by atoms with Gasteiger partial charge in [-0.2, -0.15) is 0 Å². The Morgan fingerprint density at radius 1 is 1.19 bits per heavy atom. The monoisotopic (exact) mass is 412 g/mol. The van der Waals surface area contributed by atoms with Crippen molar-refractivity contribution in [1.82, 2.24) is 9.97 Å². The fraction of sp³-hybridized carbons (Fsp3) is 0.214. The molecule has 2 N–H and O–H groups in total. The van der Waals surface area contributed by atoms with Crippen LogP contribution in [0.2, 0.25) is 0 Å². The van der Waals surface area contributed by atoms with Crippen molar-refractivity contribution in [1.29, 1.82) is 0 Å². The second-order valence-corrected chi connectivity index (χ2v) is 6.24. The van der Waals surface area contributed by atoms with Gasteiger partial charge in [0.15, 0.2) is 0 Å². The molecule has 1 heterocycles. The summed E-state index contributed by atoms with van der Waals surface area (Å²) in [6.45, 7) is 2.43. The number of nitrogens with one attached hydrogen (secondary N) is 2. The van der Waals surface area contributed by atoms with Crippen LogP contribution in [-0.2, 0) is 4.79 Å². The Morgan fingerprint density at radius 3 is 2.62 bits per heavy atom. The highest BCUT2D eigenvalue weighted by Gasteiger charge is 2.05. The SMILES string of the molecule is Cc1ccc(Br)cc1NC(=O)CCNc1ncc(Br)cn1. The first-order chi connectivity index (χ1) is 10.0. The predicted molar refractivity (Wildman–Crippen MR) is 90.3 cm³/mol. The summed E-state index contributed by atoms with van der Waals surface area (Å²) in [4.78, 5) is 20.1. The molecule has 2 aromatic rings. The average Bonchev–Trinajstić information content (AvgIpc) is 2.45. The molecule has 21 heavy (non-hydrogen) atoms. The summed E-state index contributed by atoms with van der Waals surface area (Å²) in [6.07, 6.45) is 3.64. The maximum absolute atomic E-state index is 11.9. The van der Waals surface area contributed by atoms with Crippen LogP contribution in [0.15, 0.2) is 39.5 Å². The van der Waals surface area contributed by atoms with Gasteiger partial charge in [-0.25, -0.2) is 9.97 Å². The van der Waals surface area contributed by atoms with Gasteiger partial charge in [-0.3, -0.25) is 4.79 Å². The summed E-state index contributed by atoms with van der Waals surface area (Å²) >= 11 is 6.66. The molecular formula is C14H14Br2N4O. The fourth-order valence-electron chi connectivity index (χ4n) is 1.63. The Labute approximate surface area is 139 Å². The third-order valence-electron chi connectivity index (χ3n) is 2.73. The van der Waals surface area contributed by atoms with E-state index in [2.05, 4.69) is 52.5 Å². The third-order valence-corrected chi connectivity index (χ3v) is 3.63. The Bertz CT molecular complexity index is 631. The van der Waals surface area contributed by atoms with E-state index in [0.717, 1.165) is 20.2 Å². The Kier molecular flexibility index (Phi) is 5.69. The van der Waals surface area contributed by atoms with Crippen LogP contribution in [0.5, 0.6) is 0 Å². The molecule has 0 radical (unpaired) electrons. The molecule has 0 bridgehead atoms. The van der Waals surface area contributed by atoms with Gasteiger partial charge >= 0.3 is 0 Å². The highest BCUT2D eigenvalue weighted by molar-refractivity contribution is 9.10. The predicted octanol–water partition coefficient (Wildman–Crippen LogP) is 3.75. The molecule has 0 spiro atoms.